The summed E-state index contributed by atoms with van der Waals surface area (Å²) < 4.78 is 0. The quantitative estimate of drug-likeness (QED) is 0.526. The van der Waals surface area contributed by atoms with Crippen LogP contribution < -0.4 is 0 Å². The standard InChI is InChI=1S/C20H33N3/c1-14(2)22-16(4)19(21-7)23(18-11-9-8-10-12-18)17(5)20(6)13-15(20)3/h8-9,11,14-15,17H,10,12-13H2,1-7H3/t15-,17?,20?/m1/s1. The van der Waals surface area contributed by atoms with Crippen LogP contribution in [-0.2, 0) is 0 Å². The number of hydrogen-bond acceptors (Lipinski definition) is 2. The summed E-state index contributed by atoms with van der Waals surface area (Å²) in [4.78, 5) is 11.9. The predicted molar refractivity (Wildman–Crippen MR) is 101 cm³/mol. The van der Waals surface area contributed by atoms with Crippen molar-refractivity contribution in [2.24, 2.45) is 21.3 Å². The van der Waals surface area contributed by atoms with Crippen LogP contribution in [0.4, 0.5) is 0 Å². The van der Waals surface area contributed by atoms with Crippen LogP contribution in [0.5, 0.6) is 0 Å². The van der Waals surface area contributed by atoms with Crippen LogP contribution in [-0.4, -0.2) is 35.6 Å². The monoisotopic (exact) mass is 315 g/mol. The van der Waals surface area contributed by atoms with Crippen molar-refractivity contribution in [2.75, 3.05) is 7.05 Å². The molecule has 0 aromatic heterocycles. The molecule has 0 aromatic carbocycles. The minimum absolute atomic E-state index is 0.291. The molecule has 2 unspecified atom stereocenters. The fourth-order valence-corrected chi connectivity index (χ4v) is 3.73. The second kappa shape index (κ2) is 7.02. The van der Waals surface area contributed by atoms with E-state index in [1.165, 1.54) is 12.1 Å². The molecule has 3 heteroatoms. The van der Waals surface area contributed by atoms with E-state index >= 15 is 0 Å². The highest BCUT2D eigenvalue weighted by Crippen LogP contribution is 2.56. The van der Waals surface area contributed by atoms with Crippen LogP contribution in [0.25, 0.3) is 0 Å². The fourth-order valence-electron chi connectivity index (χ4n) is 3.73. The third-order valence-corrected chi connectivity index (χ3v) is 5.57. The molecule has 1 fully saturated rings. The highest BCUT2D eigenvalue weighted by atomic mass is 15.2. The first kappa shape index (κ1) is 18.0. The summed E-state index contributed by atoms with van der Waals surface area (Å²) in [5.74, 6) is 1.81. The number of nitrogens with zero attached hydrogens (tertiary/aromatic N) is 3. The van der Waals surface area contributed by atoms with Gasteiger partial charge in [0, 0.05) is 24.8 Å². The largest absolute Gasteiger partial charge is 0.326 e. The van der Waals surface area contributed by atoms with Gasteiger partial charge in [-0.15, -0.1) is 0 Å². The van der Waals surface area contributed by atoms with Crippen molar-refractivity contribution in [2.45, 2.75) is 72.9 Å². The van der Waals surface area contributed by atoms with Crippen molar-refractivity contribution < 1.29 is 0 Å². The number of rotatable bonds is 5. The van der Waals surface area contributed by atoms with E-state index in [1.807, 2.05) is 7.05 Å². The molecule has 0 heterocycles. The summed E-state index contributed by atoms with van der Waals surface area (Å²) >= 11 is 0. The highest BCUT2D eigenvalue weighted by Gasteiger charge is 2.53. The first-order valence-electron chi connectivity index (χ1n) is 8.97. The van der Waals surface area contributed by atoms with E-state index in [1.54, 1.807) is 0 Å². The Kier molecular flexibility index (Phi) is 5.49. The van der Waals surface area contributed by atoms with E-state index in [4.69, 9.17) is 4.99 Å². The normalized spacial score (nSPS) is 29.6. The van der Waals surface area contributed by atoms with Gasteiger partial charge < -0.3 is 4.90 Å². The van der Waals surface area contributed by atoms with Crippen molar-refractivity contribution >= 4 is 11.5 Å². The molecular formula is C20H33N3. The summed E-state index contributed by atoms with van der Waals surface area (Å²) in [6.07, 6.45) is 10.2. The number of aliphatic imine (C=N–C) groups is 2. The van der Waals surface area contributed by atoms with Crippen molar-refractivity contribution in [3.63, 3.8) is 0 Å². The first-order valence-corrected chi connectivity index (χ1v) is 8.97. The second-order valence-electron chi connectivity index (χ2n) is 7.64. The minimum atomic E-state index is 0.291. The highest BCUT2D eigenvalue weighted by molar-refractivity contribution is 6.40. The van der Waals surface area contributed by atoms with Crippen molar-refractivity contribution in [3.8, 4) is 0 Å². The lowest BCUT2D eigenvalue weighted by molar-refractivity contribution is 0.262. The van der Waals surface area contributed by atoms with Crippen LogP contribution in [0.15, 0.2) is 33.9 Å². The van der Waals surface area contributed by atoms with Gasteiger partial charge in [-0.3, -0.25) is 9.98 Å². The average Bonchev–Trinajstić information content (AvgIpc) is 3.12. The lowest BCUT2D eigenvalue weighted by Gasteiger charge is -2.38. The molecular weight excluding hydrogens is 282 g/mol. The molecule has 2 rings (SSSR count). The maximum absolute atomic E-state index is 4.77. The molecule has 2 aliphatic rings. The molecule has 23 heavy (non-hydrogen) atoms. The Labute approximate surface area is 142 Å². The smallest absolute Gasteiger partial charge is 0.149 e. The van der Waals surface area contributed by atoms with Crippen molar-refractivity contribution in [3.05, 3.63) is 23.9 Å². The first-order chi connectivity index (χ1) is 10.8. The number of hydrogen-bond donors (Lipinski definition) is 0. The fraction of sp³-hybridized carbons (Fsp3) is 0.700. The summed E-state index contributed by atoms with van der Waals surface area (Å²) in [5, 5.41) is 0. The Morgan fingerprint density at radius 2 is 2.00 bits per heavy atom. The summed E-state index contributed by atoms with van der Waals surface area (Å²) in [7, 11) is 1.90. The molecule has 0 aromatic rings. The molecule has 0 N–H and O–H groups in total. The summed E-state index contributed by atoms with van der Waals surface area (Å²) in [6.45, 7) is 13.5. The maximum Gasteiger partial charge on any atom is 0.149 e. The third kappa shape index (κ3) is 3.76. The lowest BCUT2D eigenvalue weighted by atomic mass is 9.94. The molecule has 2 aliphatic carbocycles. The van der Waals surface area contributed by atoms with Crippen LogP contribution in [0.1, 0.15) is 60.8 Å². The Bertz CT molecular complexity index is 553. The van der Waals surface area contributed by atoms with E-state index in [2.05, 4.69) is 69.7 Å². The van der Waals surface area contributed by atoms with E-state index in [0.717, 1.165) is 30.3 Å². The SMILES string of the molecule is CN=C(C(C)=NC(C)C)N(C1=CC=CCC1)C(C)C1(C)C[C@H]1C. The minimum Gasteiger partial charge on any atom is -0.326 e. The van der Waals surface area contributed by atoms with E-state index in [9.17, 15) is 0 Å². The lowest BCUT2D eigenvalue weighted by Crippen LogP contribution is -2.46. The van der Waals surface area contributed by atoms with Crippen LogP contribution in [0.2, 0.25) is 0 Å². The van der Waals surface area contributed by atoms with Gasteiger partial charge in [-0.25, -0.2) is 0 Å². The van der Waals surface area contributed by atoms with Gasteiger partial charge in [0.05, 0.1) is 5.71 Å². The Morgan fingerprint density at radius 1 is 1.35 bits per heavy atom. The summed E-state index contributed by atoms with van der Waals surface area (Å²) in [6, 6.07) is 0.728. The zero-order valence-electron chi connectivity index (χ0n) is 15.9. The molecule has 3 nitrogen and oxygen atoms in total. The second-order valence-corrected chi connectivity index (χ2v) is 7.64. The molecule has 0 radical (unpaired) electrons. The zero-order chi connectivity index (χ0) is 17.2. The van der Waals surface area contributed by atoms with Crippen LogP contribution in [0.3, 0.4) is 0 Å². The van der Waals surface area contributed by atoms with Crippen LogP contribution >= 0.6 is 0 Å². The van der Waals surface area contributed by atoms with Gasteiger partial charge in [-0.05, 0) is 64.4 Å². The molecule has 0 aliphatic heterocycles. The third-order valence-electron chi connectivity index (χ3n) is 5.57. The van der Waals surface area contributed by atoms with E-state index < -0.39 is 0 Å². The van der Waals surface area contributed by atoms with Gasteiger partial charge >= 0.3 is 0 Å². The van der Waals surface area contributed by atoms with Crippen LogP contribution in [0, 0.1) is 11.3 Å². The average molecular weight is 316 g/mol. The molecule has 128 valence electrons. The Hall–Kier alpha value is -1.38. The molecule has 1 saturated carbocycles. The summed E-state index contributed by atoms with van der Waals surface area (Å²) in [5.41, 5.74) is 2.79. The Morgan fingerprint density at radius 3 is 2.43 bits per heavy atom. The molecule has 0 spiro atoms. The van der Waals surface area contributed by atoms with Crippen molar-refractivity contribution in [1.82, 2.24) is 4.90 Å². The zero-order valence-corrected chi connectivity index (χ0v) is 15.9. The molecule has 0 saturated heterocycles. The van der Waals surface area contributed by atoms with Gasteiger partial charge in [0.2, 0.25) is 0 Å². The maximum atomic E-state index is 4.77. The topological polar surface area (TPSA) is 28.0 Å². The Balaban J connectivity index is 2.40. The molecule has 0 amide bonds. The number of allylic oxidation sites excluding steroid dienone is 4. The van der Waals surface area contributed by atoms with E-state index in [0.29, 0.717) is 17.5 Å². The van der Waals surface area contributed by atoms with Gasteiger partial charge in [0.15, 0.2) is 0 Å². The van der Waals surface area contributed by atoms with Gasteiger partial charge in [0.25, 0.3) is 0 Å². The van der Waals surface area contributed by atoms with Crippen molar-refractivity contribution in [1.29, 1.82) is 0 Å². The predicted octanol–water partition coefficient (Wildman–Crippen LogP) is 4.85. The van der Waals surface area contributed by atoms with E-state index in [-0.39, 0.29) is 0 Å². The molecule has 3 atom stereocenters. The van der Waals surface area contributed by atoms with Gasteiger partial charge in [-0.1, -0.05) is 26.0 Å². The molecule has 0 bridgehead atoms. The van der Waals surface area contributed by atoms with Gasteiger partial charge in [0.1, 0.15) is 5.84 Å². The number of amidine groups is 1. The van der Waals surface area contributed by atoms with Gasteiger partial charge in [-0.2, -0.15) is 0 Å².